The Morgan fingerprint density at radius 1 is 1.19 bits per heavy atom. The molecule has 0 bridgehead atoms. The minimum Gasteiger partial charge on any atom is -0.481 e. The fourth-order valence-electron chi connectivity index (χ4n) is 2.98. The van der Waals surface area contributed by atoms with Crippen molar-refractivity contribution in [3.8, 4) is 0 Å². The minimum absolute atomic E-state index is 0.0205. The summed E-state index contributed by atoms with van der Waals surface area (Å²) in [6.45, 7) is 4.06. The lowest BCUT2D eigenvalue weighted by atomic mass is 9.78. The summed E-state index contributed by atoms with van der Waals surface area (Å²) in [6, 6.07) is 0. The molecule has 1 fully saturated rings. The molecule has 1 aliphatic carbocycles. The van der Waals surface area contributed by atoms with E-state index >= 15 is 0 Å². The van der Waals surface area contributed by atoms with Crippen LogP contribution in [-0.4, -0.2) is 23.7 Å². The molecule has 0 unspecified atom stereocenters. The second-order valence-electron chi connectivity index (χ2n) is 5.91. The van der Waals surface area contributed by atoms with Crippen molar-refractivity contribution in [2.24, 2.45) is 11.8 Å². The molecule has 0 amide bonds. The van der Waals surface area contributed by atoms with E-state index in [0.717, 1.165) is 51.4 Å². The third kappa shape index (κ3) is 7.30. The summed E-state index contributed by atoms with van der Waals surface area (Å²) in [4.78, 5) is 23.2. The Balaban J connectivity index is 2.25. The second-order valence-corrected chi connectivity index (χ2v) is 5.91. The molecule has 1 atom stereocenters. The Morgan fingerprint density at radius 3 is 2.52 bits per heavy atom. The summed E-state index contributed by atoms with van der Waals surface area (Å²) in [7, 11) is 0. The normalized spacial score (nSPS) is 17.1. The van der Waals surface area contributed by atoms with Crippen molar-refractivity contribution < 1.29 is 19.4 Å². The maximum atomic E-state index is 11.8. The van der Waals surface area contributed by atoms with Crippen LogP contribution in [0.1, 0.15) is 64.2 Å². The summed E-state index contributed by atoms with van der Waals surface area (Å²) in [5.74, 6) is -1.66. The van der Waals surface area contributed by atoms with Gasteiger partial charge < -0.3 is 9.84 Å². The Morgan fingerprint density at radius 2 is 1.90 bits per heavy atom. The van der Waals surface area contributed by atoms with Crippen molar-refractivity contribution >= 4 is 11.9 Å². The molecule has 0 heterocycles. The summed E-state index contributed by atoms with van der Waals surface area (Å²) in [5, 5.41) is 9.33. The highest BCUT2D eigenvalue weighted by molar-refractivity contribution is 5.79. The first-order chi connectivity index (χ1) is 10.1. The zero-order valence-electron chi connectivity index (χ0n) is 12.9. The van der Waals surface area contributed by atoms with Crippen LogP contribution in [0.2, 0.25) is 0 Å². The fraction of sp³-hybridized carbons (Fsp3) is 0.765. The average Bonchev–Trinajstić information content (AvgIpc) is 2.49. The molecule has 21 heavy (non-hydrogen) atoms. The SMILES string of the molecule is C=CCCCCCOC(=O)C[C@H](C(=O)O)C1CCCCC1. The largest absolute Gasteiger partial charge is 0.481 e. The highest BCUT2D eigenvalue weighted by Crippen LogP contribution is 2.32. The van der Waals surface area contributed by atoms with E-state index in [1.54, 1.807) is 0 Å². The van der Waals surface area contributed by atoms with Gasteiger partial charge in [-0.2, -0.15) is 0 Å². The van der Waals surface area contributed by atoms with Gasteiger partial charge in [-0.25, -0.2) is 0 Å². The maximum Gasteiger partial charge on any atom is 0.307 e. The Hall–Kier alpha value is -1.32. The molecule has 4 nitrogen and oxygen atoms in total. The van der Waals surface area contributed by atoms with E-state index < -0.39 is 11.9 Å². The van der Waals surface area contributed by atoms with Crippen LogP contribution in [0.5, 0.6) is 0 Å². The van der Waals surface area contributed by atoms with Crippen molar-refractivity contribution in [1.82, 2.24) is 0 Å². The summed E-state index contributed by atoms with van der Waals surface area (Å²) in [5.41, 5.74) is 0. The first kappa shape index (κ1) is 17.7. The zero-order valence-corrected chi connectivity index (χ0v) is 12.9. The highest BCUT2D eigenvalue weighted by atomic mass is 16.5. The topological polar surface area (TPSA) is 63.6 Å². The molecular weight excluding hydrogens is 268 g/mol. The number of unbranched alkanes of at least 4 members (excludes halogenated alkanes) is 3. The van der Waals surface area contributed by atoms with Gasteiger partial charge in [-0.15, -0.1) is 6.58 Å². The number of carbonyl (C=O) groups excluding carboxylic acids is 1. The van der Waals surface area contributed by atoms with Crippen molar-refractivity contribution in [2.75, 3.05) is 6.61 Å². The van der Waals surface area contributed by atoms with Crippen molar-refractivity contribution in [1.29, 1.82) is 0 Å². The van der Waals surface area contributed by atoms with Gasteiger partial charge in [0, 0.05) is 0 Å². The Kier molecular flexibility index (Phi) is 8.79. The lowest BCUT2D eigenvalue weighted by Gasteiger charge is -2.26. The van der Waals surface area contributed by atoms with Crippen LogP contribution in [0.3, 0.4) is 0 Å². The van der Waals surface area contributed by atoms with Crippen molar-refractivity contribution in [3.63, 3.8) is 0 Å². The first-order valence-corrected chi connectivity index (χ1v) is 8.14. The number of hydrogen-bond acceptors (Lipinski definition) is 3. The van der Waals surface area contributed by atoms with E-state index in [0.29, 0.717) is 6.61 Å². The van der Waals surface area contributed by atoms with E-state index in [4.69, 9.17) is 4.74 Å². The molecule has 0 aromatic carbocycles. The molecule has 1 saturated carbocycles. The molecule has 1 rings (SSSR count). The molecule has 1 N–H and O–H groups in total. The number of rotatable bonds is 10. The Labute approximate surface area is 127 Å². The molecule has 0 aromatic heterocycles. The third-order valence-corrected chi connectivity index (χ3v) is 4.24. The van der Waals surface area contributed by atoms with E-state index in [1.807, 2.05) is 6.08 Å². The molecule has 1 aliphatic rings. The number of carboxylic acid groups (broad SMARTS) is 1. The quantitative estimate of drug-likeness (QED) is 0.377. The smallest absolute Gasteiger partial charge is 0.307 e. The number of hydrogen-bond donors (Lipinski definition) is 1. The molecule has 0 spiro atoms. The van der Waals surface area contributed by atoms with Gasteiger partial charge >= 0.3 is 11.9 Å². The van der Waals surface area contributed by atoms with Crippen LogP contribution < -0.4 is 0 Å². The number of carboxylic acids is 1. The van der Waals surface area contributed by atoms with Gasteiger partial charge in [0.15, 0.2) is 0 Å². The molecular formula is C17H28O4. The lowest BCUT2D eigenvalue weighted by Crippen LogP contribution is -2.28. The molecule has 0 saturated heterocycles. The molecule has 0 aromatic rings. The summed E-state index contributed by atoms with van der Waals surface area (Å²) < 4.78 is 5.17. The number of aliphatic carboxylic acids is 1. The Bertz CT molecular complexity index is 332. The van der Waals surface area contributed by atoms with Gasteiger partial charge in [0.2, 0.25) is 0 Å². The summed E-state index contributed by atoms with van der Waals surface area (Å²) in [6.07, 6.45) is 11.0. The zero-order chi connectivity index (χ0) is 15.5. The van der Waals surface area contributed by atoms with Gasteiger partial charge in [0.1, 0.15) is 0 Å². The molecule has 4 heteroatoms. The van der Waals surface area contributed by atoms with E-state index in [1.165, 1.54) is 6.42 Å². The van der Waals surface area contributed by atoms with Crippen LogP contribution in [0, 0.1) is 11.8 Å². The second kappa shape index (κ2) is 10.4. The summed E-state index contributed by atoms with van der Waals surface area (Å²) >= 11 is 0. The fourth-order valence-corrected chi connectivity index (χ4v) is 2.98. The van der Waals surface area contributed by atoms with E-state index in [2.05, 4.69) is 6.58 Å². The van der Waals surface area contributed by atoms with Crippen LogP contribution in [0.15, 0.2) is 12.7 Å². The van der Waals surface area contributed by atoms with Crippen LogP contribution >= 0.6 is 0 Å². The van der Waals surface area contributed by atoms with Gasteiger partial charge in [0.25, 0.3) is 0 Å². The average molecular weight is 296 g/mol. The van der Waals surface area contributed by atoms with Crippen LogP contribution in [-0.2, 0) is 14.3 Å². The van der Waals surface area contributed by atoms with Crippen molar-refractivity contribution in [3.05, 3.63) is 12.7 Å². The van der Waals surface area contributed by atoms with Gasteiger partial charge in [-0.05, 0) is 44.4 Å². The molecule has 0 radical (unpaired) electrons. The standard InChI is InChI=1S/C17H28O4/c1-2-3-4-5-9-12-21-16(18)13-15(17(19)20)14-10-7-6-8-11-14/h2,14-15H,1,3-13H2,(H,19,20)/t15-/m0/s1. The molecule has 0 aliphatic heterocycles. The number of allylic oxidation sites excluding steroid dienone is 1. The molecule has 120 valence electrons. The van der Waals surface area contributed by atoms with Crippen LogP contribution in [0.25, 0.3) is 0 Å². The highest BCUT2D eigenvalue weighted by Gasteiger charge is 2.31. The van der Waals surface area contributed by atoms with Gasteiger partial charge in [-0.1, -0.05) is 25.3 Å². The van der Waals surface area contributed by atoms with Crippen molar-refractivity contribution in [2.45, 2.75) is 64.2 Å². The van der Waals surface area contributed by atoms with Gasteiger partial charge in [-0.3, -0.25) is 9.59 Å². The van der Waals surface area contributed by atoms with E-state index in [9.17, 15) is 14.7 Å². The third-order valence-electron chi connectivity index (χ3n) is 4.24. The first-order valence-electron chi connectivity index (χ1n) is 8.14. The monoisotopic (exact) mass is 296 g/mol. The number of ether oxygens (including phenoxy) is 1. The number of carbonyl (C=O) groups is 2. The van der Waals surface area contributed by atoms with Gasteiger partial charge in [0.05, 0.1) is 18.9 Å². The lowest BCUT2D eigenvalue weighted by molar-refractivity contribution is -0.153. The predicted molar refractivity (Wildman–Crippen MR) is 81.9 cm³/mol. The van der Waals surface area contributed by atoms with Crippen LogP contribution in [0.4, 0.5) is 0 Å². The maximum absolute atomic E-state index is 11.8. The van der Waals surface area contributed by atoms with E-state index in [-0.39, 0.29) is 18.3 Å². The predicted octanol–water partition coefficient (Wildman–Crippen LogP) is 3.95. The minimum atomic E-state index is -0.857. The number of esters is 1.